The van der Waals surface area contributed by atoms with Crippen molar-refractivity contribution in [3.05, 3.63) is 47.2 Å². The van der Waals surface area contributed by atoms with Crippen molar-refractivity contribution in [1.29, 1.82) is 0 Å². The van der Waals surface area contributed by atoms with Crippen LogP contribution in [0.2, 0.25) is 0 Å². The molecular formula is C23H36N6O. The van der Waals surface area contributed by atoms with Gasteiger partial charge < -0.3 is 20.0 Å². The number of unbranched alkanes of at least 4 members (excludes halogenated alkanes) is 1. The molecule has 0 amide bonds. The lowest BCUT2D eigenvalue weighted by Gasteiger charge is -2.36. The van der Waals surface area contributed by atoms with E-state index < -0.39 is 0 Å². The fourth-order valence-electron chi connectivity index (χ4n) is 3.72. The van der Waals surface area contributed by atoms with Crippen LogP contribution in [0.5, 0.6) is 0 Å². The van der Waals surface area contributed by atoms with Crippen LogP contribution >= 0.6 is 0 Å². The first-order chi connectivity index (χ1) is 14.5. The number of aliphatic imine (C=N–C) groups is 1. The molecule has 1 aliphatic rings. The number of anilines is 1. The van der Waals surface area contributed by atoms with Crippen molar-refractivity contribution in [2.24, 2.45) is 4.99 Å². The third-order valence-electron chi connectivity index (χ3n) is 5.64. The van der Waals surface area contributed by atoms with Gasteiger partial charge in [0.05, 0.1) is 12.2 Å². The third-order valence-corrected chi connectivity index (χ3v) is 5.64. The average molecular weight is 413 g/mol. The molecule has 7 nitrogen and oxygen atoms in total. The summed E-state index contributed by atoms with van der Waals surface area (Å²) < 4.78 is 5.60. The number of oxazole rings is 1. The SMILES string of the molecule is CN=C(NCCCCN1CCN(c2cccc(C)c2)CC1)NCc1nc(C)c(C)o1. The van der Waals surface area contributed by atoms with E-state index >= 15 is 0 Å². The first kappa shape index (κ1) is 22.2. The first-order valence-electron chi connectivity index (χ1n) is 11.0. The Morgan fingerprint density at radius 3 is 2.57 bits per heavy atom. The fraction of sp³-hybridized carbons (Fsp3) is 0.565. The molecule has 0 radical (unpaired) electrons. The van der Waals surface area contributed by atoms with Crippen LogP contribution in [0.1, 0.15) is 35.7 Å². The smallest absolute Gasteiger partial charge is 0.214 e. The van der Waals surface area contributed by atoms with Crippen molar-refractivity contribution in [1.82, 2.24) is 20.5 Å². The number of nitrogens with one attached hydrogen (secondary N) is 2. The maximum absolute atomic E-state index is 5.60. The fourth-order valence-corrected chi connectivity index (χ4v) is 3.72. The number of aromatic nitrogens is 1. The molecule has 0 saturated carbocycles. The molecule has 0 unspecified atom stereocenters. The molecule has 1 aliphatic heterocycles. The topological polar surface area (TPSA) is 68.9 Å². The minimum absolute atomic E-state index is 0.541. The van der Waals surface area contributed by atoms with Gasteiger partial charge in [-0.05, 0) is 57.9 Å². The van der Waals surface area contributed by atoms with Crippen molar-refractivity contribution in [3.8, 4) is 0 Å². The summed E-state index contributed by atoms with van der Waals surface area (Å²) in [6, 6.07) is 8.82. The number of aryl methyl sites for hydroxylation is 3. The van der Waals surface area contributed by atoms with Gasteiger partial charge in [-0.3, -0.25) is 9.89 Å². The zero-order valence-corrected chi connectivity index (χ0v) is 18.9. The molecule has 1 saturated heterocycles. The highest BCUT2D eigenvalue weighted by atomic mass is 16.4. The molecule has 2 heterocycles. The highest BCUT2D eigenvalue weighted by Crippen LogP contribution is 2.17. The minimum Gasteiger partial charge on any atom is -0.444 e. The van der Waals surface area contributed by atoms with E-state index in [9.17, 15) is 0 Å². The Bertz CT molecular complexity index is 803. The molecule has 2 N–H and O–H groups in total. The third kappa shape index (κ3) is 6.49. The standard InChI is InChI=1S/C23H36N6O/c1-18-8-7-9-21(16-18)29-14-12-28(13-15-29)11-6-5-10-25-23(24-4)26-17-22-27-19(2)20(3)30-22/h7-9,16H,5-6,10-15,17H2,1-4H3,(H2,24,25,26). The molecule has 0 aliphatic carbocycles. The molecule has 0 spiro atoms. The summed E-state index contributed by atoms with van der Waals surface area (Å²) in [5.74, 6) is 2.35. The summed E-state index contributed by atoms with van der Waals surface area (Å²) >= 11 is 0. The maximum atomic E-state index is 5.60. The van der Waals surface area contributed by atoms with Crippen molar-refractivity contribution in [2.75, 3.05) is 51.2 Å². The number of piperazine rings is 1. The summed E-state index contributed by atoms with van der Waals surface area (Å²) in [6.07, 6.45) is 2.31. The second-order valence-electron chi connectivity index (χ2n) is 7.98. The van der Waals surface area contributed by atoms with Gasteiger partial charge >= 0.3 is 0 Å². The van der Waals surface area contributed by atoms with Gasteiger partial charge in [0.1, 0.15) is 5.76 Å². The summed E-state index contributed by atoms with van der Waals surface area (Å²) in [4.78, 5) is 13.7. The van der Waals surface area contributed by atoms with Gasteiger partial charge in [0.15, 0.2) is 5.96 Å². The zero-order chi connectivity index (χ0) is 21.3. The lowest BCUT2D eigenvalue weighted by molar-refractivity contribution is 0.253. The molecule has 3 rings (SSSR count). The summed E-state index contributed by atoms with van der Waals surface area (Å²) in [5.41, 5.74) is 3.62. The van der Waals surface area contributed by atoms with Crippen LogP contribution in [-0.2, 0) is 6.54 Å². The number of hydrogen-bond acceptors (Lipinski definition) is 5. The Kier molecular flexibility index (Phi) is 8.13. The Morgan fingerprint density at radius 2 is 1.90 bits per heavy atom. The van der Waals surface area contributed by atoms with Crippen molar-refractivity contribution >= 4 is 11.6 Å². The van der Waals surface area contributed by atoms with Gasteiger partial charge in [0.2, 0.25) is 5.89 Å². The lowest BCUT2D eigenvalue weighted by Crippen LogP contribution is -2.46. The highest BCUT2D eigenvalue weighted by Gasteiger charge is 2.16. The van der Waals surface area contributed by atoms with Crippen LogP contribution in [0.15, 0.2) is 33.7 Å². The predicted molar refractivity (Wildman–Crippen MR) is 123 cm³/mol. The van der Waals surface area contributed by atoms with Gasteiger partial charge in [-0.2, -0.15) is 0 Å². The highest BCUT2D eigenvalue weighted by molar-refractivity contribution is 5.79. The van der Waals surface area contributed by atoms with E-state index in [0.717, 1.165) is 63.1 Å². The minimum atomic E-state index is 0.541. The van der Waals surface area contributed by atoms with Gasteiger partial charge in [-0.25, -0.2) is 4.98 Å². The number of benzene rings is 1. The number of nitrogens with zero attached hydrogens (tertiary/aromatic N) is 4. The van der Waals surface area contributed by atoms with Crippen molar-refractivity contribution in [2.45, 2.75) is 40.2 Å². The molecule has 0 atom stereocenters. The van der Waals surface area contributed by atoms with Crippen LogP contribution in [0.25, 0.3) is 0 Å². The summed E-state index contributed by atoms with van der Waals surface area (Å²) in [6.45, 7) is 13.2. The molecule has 2 aromatic rings. The molecule has 1 fully saturated rings. The van der Waals surface area contributed by atoms with E-state index in [0.29, 0.717) is 12.4 Å². The molecule has 30 heavy (non-hydrogen) atoms. The molecule has 7 heteroatoms. The van der Waals surface area contributed by atoms with E-state index in [4.69, 9.17) is 4.42 Å². The van der Waals surface area contributed by atoms with Crippen LogP contribution in [0.4, 0.5) is 5.69 Å². The maximum Gasteiger partial charge on any atom is 0.214 e. The van der Waals surface area contributed by atoms with Gasteiger partial charge in [0, 0.05) is 45.5 Å². The molecular weight excluding hydrogens is 376 g/mol. The Balaban J connectivity index is 1.28. The van der Waals surface area contributed by atoms with Gasteiger partial charge in [0.25, 0.3) is 0 Å². The Labute approximate surface area is 180 Å². The van der Waals surface area contributed by atoms with Crippen LogP contribution in [0, 0.1) is 20.8 Å². The van der Waals surface area contributed by atoms with Gasteiger partial charge in [-0.1, -0.05) is 12.1 Å². The second-order valence-corrected chi connectivity index (χ2v) is 7.98. The van der Waals surface area contributed by atoms with Crippen LogP contribution in [0.3, 0.4) is 0 Å². The van der Waals surface area contributed by atoms with Gasteiger partial charge in [-0.15, -0.1) is 0 Å². The van der Waals surface area contributed by atoms with E-state index in [-0.39, 0.29) is 0 Å². The number of hydrogen-bond donors (Lipinski definition) is 2. The average Bonchev–Trinajstić information content (AvgIpc) is 3.08. The Hall–Kier alpha value is -2.54. The number of guanidine groups is 1. The molecule has 1 aromatic carbocycles. The second kappa shape index (κ2) is 11.0. The zero-order valence-electron chi connectivity index (χ0n) is 18.9. The largest absolute Gasteiger partial charge is 0.444 e. The normalized spacial score (nSPS) is 15.5. The monoisotopic (exact) mass is 412 g/mol. The summed E-state index contributed by atoms with van der Waals surface area (Å²) in [7, 11) is 1.79. The van der Waals surface area contributed by atoms with Crippen molar-refractivity contribution < 1.29 is 4.42 Å². The van der Waals surface area contributed by atoms with E-state index in [2.05, 4.69) is 61.6 Å². The molecule has 0 bridgehead atoms. The first-order valence-corrected chi connectivity index (χ1v) is 11.0. The van der Waals surface area contributed by atoms with E-state index in [1.807, 2.05) is 13.8 Å². The quantitative estimate of drug-likeness (QED) is 0.395. The van der Waals surface area contributed by atoms with Crippen molar-refractivity contribution in [3.63, 3.8) is 0 Å². The van der Waals surface area contributed by atoms with E-state index in [1.54, 1.807) is 7.05 Å². The van der Waals surface area contributed by atoms with E-state index in [1.165, 1.54) is 17.7 Å². The summed E-state index contributed by atoms with van der Waals surface area (Å²) in [5, 5.41) is 6.63. The predicted octanol–water partition coefficient (Wildman–Crippen LogP) is 2.87. The molecule has 1 aromatic heterocycles. The lowest BCUT2D eigenvalue weighted by atomic mass is 10.2. The number of rotatable bonds is 8. The van der Waals surface area contributed by atoms with Crippen LogP contribution < -0.4 is 15.5 Å². The Morgan fingerprint density at radius 1 is 1.10 bits per heavy atom. The van der Waals surface area contributed by atoms with Crippen LogP contribution in [-0.4, -0.2) is 62.2 Å². The molecule has 164 valence electrons.